The smallest absolute Gasteiger partial charge is 0.318 e. The summed E-state index contributed by atoms with van der Waals surface area (Å²) in [4.78, 5) is 35.1. The number of nitro benzene ring substituents is 2. The monoisotopic (exact) mass is 497 g/mol. The van der Waals surface area contributed by atoms with Gasteiger partial charge < -0.3 is 4.74 Å². The number of carbonyl (C=O) groups is 1. The van der Waals surface area contributed by atoms with Crippen molar-refractivity contribution in [2.24, 2.45) is 0 Å². The Morgan fingerprint density at radius 2 is 1.68 bits per heavy atom. The van der Waals surface area contributed by atoms with Gasteiger partial charge in [0.05, 0.1) is 26.5 Å². The van der Waals surface area contributed by atoms with E-state index < -0.39 is 32.9 Å². The maximum absolute atomic E-state index is 14.2. The van der Waals surface area contributed by atoms with Gasteiger partial charge in [0.1, 0.15) is 11.6 Å². The fourth-order valence-electron chi connectivity index (χ4n) is 3.11. The first-order chi connectivity index (χ1) is 16.3. The van der Waals surface area contributed by atoms with Crippen LogP contribution in [0.25, 0.3) is 6.08 Å². The fraction of sp³-hybridized carbons (Fsp3) is 0. The Morgan fingerprint density at radius 3 is 2.38 bits per heavy atom. The normalized spacial score (nSPS) is 14.5. The van der Waals surface area contributed by atoms with Gasteiger partial charge >= 0.3 is 5.69 Å². The van der Waals surface area contributed by atoms with E-state index in [9.17, 15) is 29.4 Å². The van der Waals surface area contributed by atoms with Crippen LogP contribution in [0.15, 0.2) is 71.6 Å². The average molecular weight is 497 g/mol. The molecule has 0 atom stereocenters. The van der Waals surface area contributed by atoms with Crippen LogP contribution in [0.5, 0.6) is 11.5 Å². The van der Waals surface area contributed by atoms with Crippen molar-refractivity contribution in [1.29, 1.82) is 0 Å². The molecule has 1 heterocycles. The van der Waals surface area contributed by atoms with Crippen LogP contribution in [0.4, 0.5) is 21.5 Å². The molecule has 0 radical (unpaired) electrons. The highest BCUT2D eigenvalue weighted by atomic mass is 32.2. The molecule has 3 aromatic rings. The van der Waals surface area contributed by atoms with Crippen molar-refractivity contribution >= 4 is 57.3 Å². The summed E-state index contributed by atoms with van der Waals surface area (Å²) in [5.74, 6) is -1.18. The summed E-state index contributed by atoms with van der Waals surface area (Å²) in [6, 6.07) is 15.2. The summed E-state index contributed by atoms with van der Waals surface area (Å²) < 4.78 is 20.1. The lowest BCUT2D eigenvalue weighted by atomic mass is 10.1. The highest BCUT2D eigenvalue weighted by Crippen LogP contribution is 2.40. The molecular weight excluding hydrogens is 485 g/mol. The number of carbonyl (C=O) groups excluding carboxylic acids is 1. The number of benzene rings is 3. The second kappa shape index (κ2) is 9.37. The number of rotatable bonds is 6. The Morgan fingerprint density at radius 1 is 0.971 bits per heavy atom. The van der Waals surface area contributed by atoms with Gasteiger partial charge in [-0.15, -0.1) is 0 Å². The molecule has 170 valence electrons. The molecule has 3 aromatic carbocycles. The summed E-state index contributed by atoms with van der Waals surface area (Å²) in [5.41, 5.74) is -0.623. The molecular formula is C22H12FN3O6S2. The summed E-state index contributed by atoms with van der Waals surface area (Å²) in [5, 5.41) is 22.4. The third-order valence-corrected chi connectivity index (χ3v) is 5.96. The van der Waals surface area contributed by atoms with Crippen molar-refractivity contribution in [3.05, 3.63) is 103 Å². The molecule has 0 aliphatic carbocycles. The van der Waals surface area contributed by atoms with Crippen LogP contribution in [0.3, 0.4) is 0 Å². The van der Waals surface area contributed by atoms with Crippen LogP contribution in [0.2, 0.25) is 0 Å². The van der Waals surface area contributed by atoms with Gasteiger partial charge in [-0.25, -0.2) is 4.39 Å². The molecule has 4 rings (SSSR count). The van der Waals surface area contributed by atoms with Gasteiger partial charge in [-0.1, -0.05) is 54.3 Å². The lowest BCUT2D eigenvalue weighted by Gasteiger charge is -2.15. The predicted molar refractivity (Wildman–Crippen MR) is 128 cm³/mol. The molecule has 9 nitrogen and oxygen atoms in total. The van der Waals surface area contributed by atoms with Gasteiger partial charge in [-0.05, 0) is 30.3 Å². The highest BCUT2D eigenvalue weighted by molar-refractivity contribution is 8.27. The number of thioether (sulfide) groups is 1. The van der Waals surface area contributed by atoms with Crippen molar-refractivity contribution in [3.63, 3.8) is 0 Å². The third-order valence-electron chi connectivity index (χ3n) is 4.66. The van der Waals surface area contributed by atoms with Crippen molar-refractivity contribution in [3.8, 4) is 11.5 Å². The number of amides is 1. The number of nitrogens with zero attached hydrogens (tertiary/aromatic N) is 3. The molecule has 1 fully saturated rings. The van der Waals surface area contributed by atoms with Crippen LogP contribution in [0, 0.1) is 26.0 Å². The largest absolute Gasteiger partial charge is 0.449 e. The quantitative estimate of drug-likeness (QED) is 0.180. The van der Waals surface area contributed by atoms with E-state index >= 15 is 0 Å². The van der Waals surface area contributed by atoms with E-state index in [4.69, 9.17) is 17.0 Å². The summed E-state index contributed by atoms with van der Waals surface area (Å²) in [7, 11) is 0. The Labute approximate surface area is 200 Å². The lowest BCUT2D eigenvalue weighted by molar-refractivity contribution is -0.394. The van der Waals surface area contributed by atoms with E-state index in [2.05, 4.69) is 0 Å². The van der Waals surface area contributed by atoms with E-state index in [1.54, 1.807) is 24.3 Å². The van der Waals surface area contributed by atoms with Crippen molar-refractivity contribution < 1.29 is 23.8 Å². The zero-order valence-electron chi connectivity index (χ0n) is 16.9. The molecule has 0 unspecified atom stereocenters. The summed E-state index contributed by atoms with van der Waals surface area (Å²) >= 11 is 6.24. The van der Waals surface area contributed by atoms with E-state index in [1.807, 2.05) is 0 Å². The van der Waals surface area contributed by atoms with E-state index in [-0.39, 0.29) is 26.4 Å². The predicted octanol–water partition coefficient (Wildman–Crippen LogP) is 5.84. The summed E-state index contributed by atoms with van der Waals surface area (Å²) in [6.07, 6.45) is 1.48. The first-order valence-corrected chi connectivity index (χ1v) is 10.7. The van der Waals surface area contributed by atoms with Gasteiger partial charge in [0.25, 0.3) is 11.6 Å². The second-order valence-electron chi connectivity index (χ2n) is 6.77. The fourth-order valence-corrected chi connectivity index (χ4v) is 4.38. The van der Waals surface area contributed by atoms with Crippen LogP contribution in [0.1, 0.15) is 5.56 Å². The van der Waals surface area contributed by atoms with Crippen molar-refractivity contribution in [1.82, 2.24) is 0 Å². The van der Waals surface area contributed by atoms with Gasteiger partial charge in [0.2, 0.25) is 5.75 Å². The molecule has 1 aliphatic rings. The van der Waals surface area contributed by atoms with Crippen LogP contribution >= 0.6 is 24.0 Å². The number of hydrogen-bond acceptors (Lipinski definition) is 8. The number of non-ortho nitro benzene ring substituents is 1. The number of ether oxygens (including phenoxy) is 1. The highest BCUT2D eigenvalue weighted by Gasteiger charge is 2.35. The standard InChI is InChI=1S/C22H12FN3O6S2/c23-15-6-2-3-7-16(15)24-21(27)20(34-22(24)33)11-13-5-1-4-8-18(13)32-19-10-9-14(25(28)29)12-17(19)26(30)31/h1-12H/b20-11-. The maximum Gasteiger partial charge on any atom is 0.318 e. The van der Waals surface area contributed by atoms with E-state index in [0.717, 1.165) is 34.9 Å². The molecule has 34 heavy (non-hydrogen) atoms. The zero-order valence-corrected chi connectivity index (χ0v) is 18.5. The van der Waals surface area contributed by atoms with Crippen molar-refractivity contribution in [2.75, 3.05) is 4.90 Å². The zero-order chi connectivity index (χ0) is 24.4. The Balaban J connectivity index is 1.69. The molecule has 1 amide bonds. The minimum atomic E-state index is -0.787. The van der Waals surface area contributed by atoms with E-state index in [0.29, 0.717) is 5.56 Å². The lowest BCUT2D eigenvalue weighted by Crippen LogP contribution is -2.28. The number of thiocarbonyl (C=S) groups is 1. The molecule has 0 N–H and O–H groups in total. The number of para-hydroxylation sites is 2. The Kier molecular flexibility index (Phi) is 6.34. The van der Waals surface area contributed by atoms with E-state index in [1.165, 1.54) is 30.3 Å². The third kappa shape index (κ3) is 4.49. The topological polar surface area (TPSA) is 116 Å². The number of anilines is 1. The van der Waals surface area contributed by atoms with Crippen LogP contribution < -0.4 is 9.64 Å². The summed E-state index contributed by atoms with van der Waals surface area (Å²) in [6.45, 7) is 0. The molecule has 1 saturated heterocycles. The molecule has 0 bridgehead atoms. The molecule has 0 spiro atoms. The van der Waals surface area contributed by atoms with Gasteiger partial charge in [0.15, 0.2) is 4.32 Å². The SMILES string of the molecule is O=C1/C(=C/c2ccccc2Oc2ccc([N+](=O)[O-])cc2[N+](=O)[O-])SC(=S)N1c1ccccc1F. The first-order valence-electron chi connectivity index (χ1n) is 9.48. The van der Waals surface area contributed by atoms with Gasteiger partial charge in [-0.2, -0.15) is 0 Å². The average Bonchev–Trinajstić information content (AvgIpc) is 3.08. The molecule has 0 aromatic heterocycles. The van der Waals surface area contributed by atoms with Gasteiger partial charge in [-0.3, -0.25) is 29.9 Å². The Hall–Kier alpha value is -4.16. The van der Waals surface area contributed by atoms with Crippen LogP contribution in [-0.4, -0.2) is 20.1 Å². The minimum Gasteiger partial charge on any atom is -0.449 e. The van der Waals surface area contributed by atoms with Crippen molar-refractivity contribution in [2.45, 2.75) is 0 Å². The van der Waals surface area contributed by atoms with Crippen LogP contribution in [-0.2, 0) is 4.79 Å². The second-order valence-corrected chi connectivity index (χ2v) is 8.45. The molecule has 12 heteroatoms. The maximum atomic E-state index is 14.2. The van der Waals surface area contributed by atoms with Gasteiger partial charge in [0, 0.05) is 11.6 Å². The minimum absolute atomic E-state index is 0.0273. The number of hydrogen-bond donors (Lipinski definition) is 0. The number of nitro groups is 2. The number of halogens is 1. The molecule has 0 saturated carbocycles. The Bertz CT molecular complexity index is 1390. The first kappa shape index (κ1) is 23.0. The molecule has 1 aliphatic heterocycles.